The molecule has 0 fully saturated rings. The highest BCUT2D eigenvalue weighted by atomic mass is 32.1. The lowest BCUT2D eigenvalue weighted by Crippen LogP contribution is -2.29. The number of aromatic nitrogens is 1. The summed E-state index contributed by atoms with van der Waals surface area (Å²) in [6.45, 7) is 3.40. The Kier molecular flexibility index (Phi) is 3.82. The average Bonchev–Trinajstić information content (AvgIpc) is 2.65. The van der Waals surface area contributed by atoms with Gasteiger partial charge in [-0.2, -0.15) is 13.2 Å². The van der Waals surface area contributed by atoms with E-state index in [0.717, 1.165) is 6.20 Å². The highest BCUT2D eigenvalue weighted by molar-refractivity contribution is 7.13. The first-order chi connectivity index (χ1) is 7.36. The summed E-state index contributed by atoms with van der Waals surface area (Å²) in [5, 5.41) is -1.04. The molecule has 1 rings (SSSR count). The van der Waals surface area contributed by atoms with E-state index in [1.54, 1.807) is 0 Å². The van der Waals surface area contributed by atoms with E-state index in [9.17, 15) is 18.0 Å². The zero-order valence-corrected chi connectivity index (χ0v) is 8.94. The summed E-state index contributed by atoms with van der Waals surface area (Å²) >= 11 is 0.302. The molecular weight excluding hydrogens is 241 g/mol. The van der Waals surface area contributed by atoms with Crippen LogP contribution in [0.5, 0.6) is 0 Å². The maximum Gasteiger partial charge on any atom is 0.443 e. The van der Waals surface area contributed by atoms with Gasteiger partial charge in [0.1, 0.15) is 0 Å². The van der Waals surface area contributed by atoms with Gasteiger partial charge in [-0.25, -0.2) is 4.98 Å². The molecule has 0 saturated heterocycles. The van der Waals surface area contributed by atoms with Gasteiger partial charge in [0.05, 0.1) is 10.9 Å². The van der Waals surface area contributed by atoms with E-state index in [4.69, 9.17) is 5.73 Å². The Morgan fingerprint density at radius 1 is 1.69 bits per heavy atom. The van der Waals surface area contributed by atoms with Crippen molar-refractivity contribution in [1.29, 1.82) is 0 Å². The van der Waals surface area contributed by atoms with E-state index < -0.39 is 23.0 Å². The zero-order chi connectivity index (χ0) is 12.3. The van der Waals surface area contributed by atoms with Crippen molar-refractivity contribution in [1.82, 2.24) is 4.98 Å². The predicted molar refractivity (Wildman–Crippen MR) is 54.2 cm³/mol. The lowest BCUT2D eigenvalue weighted by Gasteiger charge is -2.04. The molecule has 16 heavy (non-hydrogen) atoms. The normalized spacial score (nSPS) is 13.5. The molecule has 0 aliphatic rings. The highest BCUT2D eigenvalue weighted by Gasteiger charge is 2.35. The number of hydrogen-bond donors (Lipinski definition) is 1. The summed E-state index contributed by atoms with van der Waals surface area (Å²) in [7, 11) is 0. The number of halogens is 3. The van der Waals surface area contributed by atoms with Crippen LogP contribution >= 0.6 is 11.3 Å². The number of nitrogens with two attached hydrogens (primary N) is 1. The zero-order valence-electron chi connectivity index (χ0n) is 8.12. The van der Waals surface area contributed by atoms with Gasteiger partial charge in [-0.1, -0.05) is 6.08 Å². The minimum Gasteiger partial charge on any atom is -0.321 e. The molecule has 0 saturated carbocycles. The van der Waals surface area contributed by atoms with Crippen LogP contribution in [-0.2, 0) is 6.18 Å². The van der Waals surface area contributed by atoms with Crippen LogP contribution in [0.3, 0.4) is 0 Å². The topological polar surface area (TPSA) is 56.0 Å². The molecule has 0 radical (unpaired) electrons. The Labute approximate surface area is 93.8 Å². The number of carbonyl (C=O) groups excluding carboxylic acids is 1. The summed E-state index contributed by atoms with van der Waals surface area (Å²) in [5.41, 5.74) is 5.45. The number of nitrogens with zero attached hydrogens (tertiary/aromatic N) is 1. The molecule has 1 aromatic rings. The fraction of sp³-hybridized carbons (Fsp3) is 0.333. The van der Waals surface area contributed by atoms with Crippen molar-refractivity contribution in [3.8, 4) is 0 Å². The van der Waals surface area contributed by atoms with E-state index >= 15 is 0 Å². The molecule has 1 heterocycles. The molecule has 0 spiro atoms. The number of carbonyl (C=O) groups is 1. The SMILES string of the molecule is C=CCC(N)C(=O)c1cnc(C(F)(F)F)s1. The quantitative estimate of drug-likeness (QED) is 0.658. The molecule has 0 aliphatic heterocycles. The van der Waals surface area contributed by atoms with Crippen LogP contribution in [0.25, 0.3) is 0 Å². The van der Waals surface area contributed by atoms with Crippen molar-refractivity contribution in [2.45, 2.75) is 18.6 Å². The van der Waals surface area contributed by atoms with Gasteiger partial charge in [0.15, 0.2) is 10.8 Å². The largest absolute Gasteiger partial charge is 0.443 e. The van der Waals surface area contributed by atoms with Gasteiger partial charge in [0.25, 0.3) is 0 Å². The summed E-state index contributed by atoms with van der Waals surface area (Å²) in [6, 6.07) is -0.862. The van der Waals surface area contributed by atoms with Gasteiger partial charge in [-0.3, -0.25) is 4.79 Å². The third kappa shape index (κ3) is 2.89. The number of rotatable bonds is 4. The third-order valence-corrected chi connectivity index (χ3v) is 2.81. The molecule has 1 aromatic heterocycles. The third-order valence-electron chi connectivity index (χ3n) is 1.75. The fourth-order valence-electron chi connectivity index (χ4n) is 0.988. The van der Waals surface area contributed by atoms with Gasteiger partial charge in [-0.15, -0.1) is 17.9 Å². The minimum atomic E-state index is -4.52. The van der Waals surface area contributed by atoms with Crippen LogP contribution in [0, 0.1) is 0 Å². The van der Waals surface area contributed by atoms with Crippen LogP contribution in [-0.4, -0.2) is 16.8 Å². The first-order valence-electron chi connectivity index (χ1n) is 4.30. The van der Waals surface area contributed by atoms with E-state index in [2.05, 4.69) is 11.6 Å². The molecule has 88 valence electrons. The Hall–Kier alpha value is -1.21. The summed E-state index contributed by atoms with van der Waals surface area (Å²) < 4.78 is 36.6. The number of hydrogen-bond acceptors (Lipinski definition) is 4. The number of thiazole rings is 1. The van der Waals surface area contributed by atoms with Crippen molar-refractivity contribution in [2.75, 3.05) is 0 Å². The molecule has 2 N–H and O–H groups in total. The maximum atomic E-state index is 12.2. The number of ketones is 1. The van der Waals surface area contributed by atoms with Gasteiger partial charge in [0, 0.05) is 6.20 Å². The Morgan fingerprint density at radius 3 is 2.75 bits per heavy atom. The van der Waals surface area contributed by atoms with Crippen molar-refractivity contribution >= 4 is 17.1 Å². The van der Waals surface area contributed by atoms with E-state index in [-0.39, 0.29) is 11.3 Å². The molecular formula is C9H9F3N2OS. The van der Waals surface area contributed by atoms with Gasteiger partial charge in [-0.05, 0) is 6.42 Å². The molecule has 1 atom stereocenters. The fourth-order valence-corrected chi connectivity index (χ4v) is 1.78. The summed E-state index contributed by atoms with van der Waals surface area (Å²) in [4.78, 5) is 14.6. The molecule has 7 heteroatoms. The van der Waals surface area contributed by atoms with E-state index in [1.165, 1.54) is 6.08 Å². The van der Waals surface area contributed by atoms with Gasteiger partial charge in [0.2, 0.25) is 0 Å². The standard InChI is InChI=1S/C9H9F3N2OS/c1-2-3-5(13)7(15)6-4-14-8(16-6)9(10,11)12/h2,4-5H,1,3,13H2. The monoisotopic (exact) mass is 250 g/mol. The molecule has 0 aliphatic carbocycles. The van der Waals surface area contributed by atoms with E-state index in [1.807, 2.05) is 0 Å². The first-order valence-corrected chi connectivity index (χ1v) is 5.11. The Bertz CT molecular complexity index is 400. The lowest BCUT2D eigenvalue weighted by molar-refractivity contribution is -0.137. The van der Waals surface area contributed by atoms with Crippen LogP contribution < -0.4 is 5.73 Å². The molecule has 1 unspecified atom stereocenters. The Balaban J connectivity index is 2.86. The molecule has 0 aromatic carbocycles. The Morgan fingerprint density at radius 2 is 2.31 bits per heavy atom. The van der Waals surface area contributed by atoms with Crippen LogP contribution in [0.15, 0.2) is 18.9 Å². The number of alkyl halides is 3. The smallest absolute Gasteiger partial charge is 0.321 e. The van der Waals surface area contributed by atoms with Gasteiger partial charge < -0.3 is 5.73 Å². The van der Waals surface area contributed by atoms with Crippen molar-refractivity contribution in [2.24, 2.45) is 5.73 Å². The maximum absolute atomic E-state index is 12.2. The summed E-state index contributed by atoms with van der Waals surface area (Å²) in [6.07, 6.45) is -1.96. The summed E-state index contributed by atoms with van der Waals surface area (Å²) in [5.74, 6) is -0.548. The van der Waals surface area contributed by atoms with Crippen molar-refractivity contribution in [3.05, 3.63) is 28.7 Å². The van der Waals surface area contributed by atoms with E-state index in [0.29, 0.717) is 11.3 Å². The lowest BCUT2D eigenvalue weighted by atomic mass is 10.1. The second kappa shape index (κ2) is 4.75. The minimum absolute atomic E-state index is 0.0818. The molecule has 0 bridgehead atoms. The van der Waals surface area contributed by atoms with Gasteiger partial charge >= 0.3 is 6.18 Å². The highest BCUT2D eigenvalue weighted by Crippen LogP contribution is 2.32. The number of Topliss-reactive ketones (excluding diaryl/α,β-unsaturated/α-hetero) is 1. The average molecular weight is 250 g/mol. The molecule has 0 amide bonds. The van der Waals surface area contributed by atoms with Crippen LogP contribution in [0.4, 0.5) is 13.2 Å². The second-order valence-electron chi connectivity index (χ2n) is 3.02. The second-order valence-corrected chi connectivity index (χ2v) is 4.05. The molecule has 3 nitrogen and oxygen atoms in total. The first kappa shape index (κ1) is 12.9. The van der Waals surface area contributed by atoms with Crippen molar-refractivity contribution < 1.29 is 18.0 Å². The van der Waals surface area contributed by atoms with Crippen LogP contribution in [0.1, 0.15) is 21.1 Å². The van der Waals surface area contributed by atoms with Crippen LogP contribution in [0.2, 0.25) is 0 Å². The van der Waals surface area contributed by atoms with Crippen molar-refractivity contribution in [3.63, 3.8) is 0 Å². The predicted octanol–water partition coefficient (Wildman–Crippen LogP) is 2.25.